The number of aliphatic imine (C=N–C) groups is 1. The van der Waals surface area contributed by atoms with Gasteiger partial charge >= 0.3 is 0 Å². The van der Waals surface area contributed by atoms with Gasteiger partial charge in [0.05, 0.1) is 22.9 Å². The first-order valence-corrected chi connectivity index (χ1v) is 9.97. The molecule has 2 aliphatic heterocycles. The van der Waals surface area contributed by atoms with E-state index < -0.39 is 0 Å². The third-order valence-corrected chi connectivity index (χ3v) is 5.51. The second-order valence-corrected chi connectivity index (χ2v) is 7.40. The summed E-state index contributed by atoms with van der Waals surface area (Å²) in [6, 6.07) is 9.58. The largest absolute Gasteiger partial charge is 0.397 e. The lowest BCUT2D eigenvalue weighted by Gasteiger charge is -2.24. The van der Waals surface area contributed by atoms with E-state index in [1.807, 2.05) is 11.8 Å². The van der Waals surface area contributed by atoms with E-state index in [9.17, 15) is 0 Å². The van der Waals surface area contributed by atoms with Gasteiger partial charge < -0.3 is 20.1 Å². The van der Waals surface area contributed by atoms with Crippen molar-refractivity contribution in [1.82, 2.24) is 4.98 Å². The number of aromatic nitrogens is 1. The van der Waals surface area contributed by atoms with E-state index in [0.717, 1.165) is 42.5 Å². The molecule has 1 aromatic carbocycles. The van der Waals surface area contributed by atoms with Gasteiger partial charge in [-0.3, -0.25) is 4.99 Å². The molecule has 2 aromatic rings. The fourth-order valence-electron chi connectivity index (χ4n) is 3.08. The normalized spacial score (nSPS) is 20.9. The van der Waals surface area contributed by atoms with Crippen molar-refractivity contribution in [2.45, 2.75) is 38.8 Å². The molecule has 25 heavy (non-hydrogen) atoms. The van der Waals surface area contributed by atoms with Crippen molar-refractivity contribution in [3.8, 4) is 0 Å². The van der Waals surface area contributed by atoms with Crippen molar-refractivity contribution in [1.29, 1.82) is 0 Å². The van der Waals surface area contributed by atoms with Crippen LogP contribution in [0, 0.1) is 0 Å². The molecular weight excluding hydrogens is 334 g/mol. The lowest BCUT2D eigenvalue weighted by atomic mass is 10.1. The maximum absolute atomic E-state index is 7.57. The molecule has 3 N–H and O–H groups in total. The van der Waals surface area contributed by atoms with E-state index in [1.165, 1.54) is 16.6 Å². The average molecular weight is 362 g/mol. The minimum absolute atomic E-state index is 0.250. The molecule has 0 spiro atoms. The predicted molar refractivity (Wildman–Crippen MR) is 107 cm³/mol. The summed E-state index contributed by atoms with van der Waals surface area (Å²) in [6.45, 7) is 5.81. The van der Waals surface area contributed by atoms with Crippen LogP contribution in [0.5, 0.6) is 0 Å². The van der Waals surface area contributed by atoms with Crippen molar-refractivity contribution in [3.05, 3.63) is 30.0 Å². The Morgan fingerprint density at radius 1 is 1.36 bits per heavy atom. The van der Waals surface area contributed by atoms with E-state index in [4.69, 9.17) is 14.8 Å². The van der Waals surface area contributed by atoms with Gasteiger partial charge in [-0.05, 0) is 38.8 Å². The predicted octanol–water partition coefficient (Wildman–Crippen LogP) is 3.64. The molecule has 1 atom stereocenters. The number of hydrogen-bond donors (Lipinski definition) is 3. The third-order valence-electron chi connectivity index (χ3n) is 4.27. The summed E-state index contributed by atoms with van der Waals surface area (Å²) in [5.41, 5.74) is 3.52. The van der Waals surface area contributed by atoms with Crippen LogP contribution in [0.4, 0.5) is 5.69 Å². The van der Waals surface area contributed by atoms with Crippen LogP contribution in [0.2, 0.25) is 0 Å². The fraction of sp³-hybridized carbons (Fsp3) is 0.526. The summed E-state index contributed by atoms with van der Waals surface area (Å²) in [5.74, 6) is 1.08. The number of rotatable bonds is 3. The summed E-state index contributed by atoms with van der Waals surface area (Å²) in [5, 5.41) is 13.6. The minimum Gasteiger partial charge on any atom is -0.397 e. The van der Waals surface area contributed by atoms with Gasteiger partial charge in [0.2, 0.25) is 0 Å². The monoisotopic (exact) mass is 361 g/mol. The highest BCUT2D eigenvalue weighted by Gasteiger charge is 2.19. The second-order valence-electron chi connectivity index (χ2n) is 6.39. The zero-order valence-corrected chi connectivity index (χ0v) is 15.7. The molecule has 6 heteroatoms. The number of nitrogens with zero attached hydrogens (tertiary/aromatic N) is 1. The number of hydrogen-bond acceptors (Lipinski definition) is 5. The molecule has 0 radical (unpaired) electrons. The quantitative estimate of drug-likeness (QED) is 0.781. The Morgan fingerprint density at radius 2 is 2.12 bits per heavy atom. The highest BCUT2D eigenvalue weighted by atomic mass is 32.2. The number of aliphatic hydroxyl groups is 1. The Bertz CT molecular complexity index is 723. The van der Waals surface area contributed by atoms with Gasteiger partial charge in [0.15, 0.2) is 0 Å². The Morgan fingerprint density at radius 3 is 2.80 bits per heavy atom. The third kappa shape index (κ3) is 4.57. The Hall–Kier alpha value is -1.50. The molecule has 1 aromatic heterocycles. The fourth-order valence-corrected chi connectivity index (χ4v) is 4.07. The van der Waals surface area contributed by atoms with Gasteiger partial charge in [0.1, 0.15) is 5.04 Å². The molecule has 4 rings (SSSR count). The molecule has 136 valence electrons. The van der Waals surface area contributed by atoms with Gasteiger partial charge in [0.25, 0.3) is 0 Å². The molecule has 0 aliphatic carbocycles. The number of fused-ring (bicyclic) bond motifs is 1. The van der Waals surface area contributed by atoms with Gasteiger partial charge in [0, 0.05) is 37.0 Å². The Kier molecular flexibility index (Phi) is 6.39. The molecule has 0 bridgehead atoms. The lowest BCUT2D eigenvalue weighted by Crippen LogP contribution is -2.27. The first kappa shape index (κ1) is 18.3. The average Bonchev–Trinajstić information content (AvgIpc) is 3.23. The van der Waals surface area contributed by atoms with Crippen LogP contribution in [0.1, 0.15) is 32.4 Å². The van der Waals surface area contributed by atoms with E-state index in [2.05, 4.69) is 41.5 Å². The van der Waals surface area contributed by atoms with Crippen LogP contribution in [0.25, 0.3) is 10.9 Å². The van der Waals surface area contributed by atoms with Crippen molar-refractivity contribution >= 4 is 33.4 Å². The summed E-state index contributed by atoms with van der Waals surface area (Å²) in [7, 11) is 0. The molecule has 1 saturated heterocycles. The van der Waals surface area contributed by atoms with E-state index in [-0.39, 0.29) is 6.61 Å². The molecule has 5 nitrogen and oxygen atoms in total. The van der Waals surface area contributed by atoms with Gasteiger partial charge in [-0.15, -0.1) is 11.8 Å². The van der Waals surface area contributed by atoms with Crippen LogP contribution in [0.3, 0.4) is 0 Å². The second kappa shape index (κ2) is 8.74. The number of H-pyrrole nitrogens is 1. The SMILES string of the molecule is CC1CSC(c2cc3cccc(NC4CCOCC4)c3[nH]2)=N1.CCO. The number of ether oxygens (including phenoxy) is 1. The maximum atomic E-state index is 7.57. The van der Waals surface area contributed by atoms with Crippen molar-refractivity contribution in [3.63, 3.8) is 0 Å². The van der Waals surface area contributed by atoms with Crippen LogP contribution in [-0.4, -0.2) is 52.8 Å². The maximum Gasteiger partial charge on any atom is 0.114 e. The van der Waals surface area contributed by atoms with E-state index in [0.29, 0.717) is 12.1 Å². The van der Waals surface area contributed by atoms with Crippen LogP contribution >= 0.6 is 11.8 Å². The molecule has 3 heterocycles. The van der Waals surface area contributed by atoms with E-state index in [1.54, 1.807) is 6.92 Å². The van der Waals surface area contributed by atoms with Gasteiger partial charge in [-0.2, -0.15) is 0 Å². The number of aliphatic hydroxyl groups excluding tert-OH is 1. The Balaban J connectivity index is 0.000000569. The molecule has 0 amide bonds. The summed E-state index contributed by atoms with van der Waals surface area (Å²) >= 11 is 1.84. The van der Waals surface area contributed by atoms with Crippen molar-refractivity contribution in [2.75, 3.05) is 30.9 Å². The zero-order valence-electron chi connectivity index (χ0n) is 14.9. The molecular formula is C19H27N3O2S. The molecule has 1 fully saturated rings. The number of aromatic amines is 1. The minimum atomic E-state index is 0.250. The van der Waals surface area contributed by atoms with Crippen LogP contribution in [-0.2, 0) is 4.74 Å². The number of thioether (sulfide) groups is 1. The molecule has 1 unspecified atom stereocenters. The van der Waals surface area contributed by atoms with Gasteiger partial charge in [-0.1, -0.05) is 12.1 Å². The molecule has 0 saturated carbocycles. The first-order valence-electron chi connectivity index (χ1n) is 8.99. The molecule has 2 aliphatic rings. The first-order chi connectivity index (χ1) is 12.2. The van der Waals surface area contributed by atoms with Crippen LogP contribution < -0.4 is 5.32 Å². The summed E-state index contributed by atoms with van der Waals surface area (Å²) in [4.78, 5) is 8.28. The lowest BCUT2D eigenvalue weighted by molar-refractivity contribution is 0.0905. The topological polar surface area (TPSA) is 69.6 Å². The standard InChI is InChI=1S/C17H21N3OS.C2H6O/c1-11-10-22-17(18-11)15-9-12-3-2-4-14(16(12)20-15)19-13-5-7-21-8-6-13;1-2-3/h2-4,9,11,13,19-20H,5-8,10H2,1H3;3H,2H2,1H3. The van der Waals surface area contributed by atoms with Crippen molar-refractivity contribution in [2.24, 2.45) is 4.99 Å². The highest BCUT2D eigenvalue weighted by molar-refractivity contribution is 8.14. The Labute approximate surface area is 153 Å². The number of benzene rings is 1. The number of para-hydroxylation sites is 1. The highest BCUT2D eigenvalue weighted by Crippen LogP contribution is 2.29. The number of anilines is 1. The zero-order chi connectivity index (χ0) is 17.6. The summed E-state index contributed by atoms with van der Waals surface area (Å²) in [6.07, 6.45) is 2.15. The van der Waals surface area contributed by atoms with Gasteiger partial charge in [-0.25, -0.2) is 0 Å². The smallest absolute Gasteiger partial charge is 0.114 e. The summed E-state index contributed by atoms with van der Waals surface area (Å²) < 4.78 is 5.44. The van der Waals surface area contributed by atoms with Crippen molar-refractivity contribution < 1.29 is 9.84 Å². The van der Waals surface area contributed by atoms with Crippen LogP contribution in [0.15, 0.2) is 29.3 Å². The number of nitrogens with one attached hydrogen (secondary N) is 2. The van der Waals surface area contributed by atoms with E-state index >= 15 is 0 Å².